The lowest BCUT2D eigenvalue weighted by Crippen LogP contribution is -2.22. The van der Waals surface area contributed by atoms with Crippen molar-refractivity contribution in [1.29, 1.82) is 0 Å². The van der Waals surface area contributed by atoms with Gasteiger partial charge in [0.25, 0.3) is 5.91 Å². The number of carbonyl (C=O) groups excluding carboxylic acids is 1. The van der Waals surface area contributed by atoms with Crippen LogP contribution in [0.1, 0.15) is 27.0 Å². The van der Waals surface area contributed by atoms with Crippen molar-refractivity contribution in [3.63, 3.8) is 0 Å². The Morgan fingerprint density at radius 1 is 1.07 bits per heavy atom. The highest BCUT2D eigenvalue weighted by Crippen LogP contribution is 2.36. The number of nitrogens with zero attached hydrogens (tertiary/aromatic N) is 1. The molecule has 0 aliphatic heterocycles. The molecular formula is C16H9ClF6N2O2. The minimum Gasteiger partial charge on any atom is -0.506 e. The SMILES string of the molecule is O=C(N/N=C/c1cc(C(F)(F)F)cc(Cl)c1O)c1ccccc1C(F)(F)F. The maximum Gasteiger partial charge on any atom is 0.417 e. The molecule has 0 saturated heterocycles. The Bertz CT molecular complexity index is 893. The summed E-state index contributed by atoms with van der Waals surface area (Å²) in [6.07, 6.45) is -8.91. The number of phenols is 1. The largest absolute Gasteiger partial charge is 0.506 e. The van der Waals surface area contributed by atoms with Gasteiger partial charge in [-0.15, -0.1) is 0 Å². The van der Waals surface area contributed by atoms with E-state index >= 15 is 0 Å². The molecule has 0 aliphatic rings. The van der Waals surface area contributed by atoms with Crippen LogP contribution in [0, 0.1) is 0 Å². The fourth-order valence-corrected chi connectivity index (χ4v) is 2.26. The summed E-state index contributed by atoms with van der Waals surface area (Å²) in [5.41, 5.74) is -1.84. The monoisotopic (exact) mass is 410 g/mol. The highest BCUT2D eigenvalue weighted by Gasteiger charge is 2.35. The van der Waals surface area contributed by atoms with Gasteiger partial charge in [0.2, 0.25) is 0 Å². The first-order valence-corrected chi connectivity index (χ1v) is 7.38. The molecule has 144 valence electrons. The van der Waals surface area contributed by atoms with E-state index in [9.17, 15) is 36.2 Å². The minimum atomic E-state index is -4.79. The molecule has 0 radical (unpaired) electrons. The molecule has 4 nitrogen and oxygen atoms in total. The van der Waals surface area contributed by atoms with E-state index in [1.54, 1.807) is 5.43 Å². The molecule has 2 N–H and O–H groups in total. The third kappa shape index (κ3) is 4.91. The number of carbonyl (C=O) groups is 1. The number of halogens is 7. The Morgan fingerprint density at radius 3 is 2.30 bits per heavy atom. The molecule has 1 amide bonds. The van der Waals surface area contributed by atoms with E-state index in [0.29, 0.717) is 24.4 Å². The van der Waals surface area contributed by atoms with Gasteiger partial charge in [-0.1, -0.05) is 23.7 Å². The number of hydrogen-bond acceptors (Lipinski definition) is 3. The Balaban J connectivity index is 2.27. The van der Waals surface area contributed by atoms with Gasteiger partial charge in [-0.05, 0) is 24.3 Å². The van der Waals surface area contributed by atoms with Crippen LogP contribution < -0.4 is 5.43 Å². The van der Waals surface area contributed by atoms with Gasteiger partial charge < -0.3 is 5.11 Å². The second kappa shape index (κ2) is 7.47. The fraction of sp³-hybridized carbons (Fsp3) is 0.125. The molecule has 0 atom stereocenters. The van der Waals surface area contributed by atoms with E-state index in [4.69, 9.17) is 11.6 Å². The van der Waals surface area contributed by atoms with Gasteiger partial charge in [-0.2, -0.15) is 31.4 Å². The molecule has 2 aromatic carbocycles. The van der Waals surface area contributed by atoms with Crippen molar-refractivity contribution >= 4 is 23.7 Å². The first-order chi connectivity index (χ1) is 12.4. The fourth-order valence-electron chi connectivity index (χ4n) is 2.03. The third-order valence-corrected chi connectivity index (χ3v) is 3.56. The smallest absolute Gasteiger partial charge is 0.417 e. The van der Waals surface area contributed by atoms with E-state index < -0.39 is 51.3 Å². The molecule has 0 aliphatic carbocycles. The van der Waals surface area contributed by atoms with Gasteiger partial charge in [-0.3, -0.25) is 4.79 Å². The molecule has 2 aromatic rings. The van der Waals surface area contributed by atoms with Crippen LogP contribution in [-0.2, 0) is 12.4 Å². The molecule has 11 heteroatoms. The Morgan fingerprint density at radius 2 is 1.70 bits per heavy atom. The van der Waals surface area contributed by atoms with E-state index in [-0.39, 0.29) is 0 Å². The number of hydrogen-bond donors (Lipinski definition) is 2. The summed E-state index contributed by atoms with van der Waals surface area (Å²) in [7, 11) is 0. The predicted octanol–water partition coefficient (Wildman–Crippen LogP) is 4.85. The summed E-state index contributed by atoms with van der Waals surface area (Å²) in [5.74, 6) is -1.98. The summed E-state index contributed by atoms with van der Waals surface area (Å²) in [6, 6.07) is 4.90. The van der Waals surface area contributed by atoms with Crippen LogP contribution in [0.25, 0.3) is 0 Å². The van der Waals surface area contributed by atoms with Crippen molar-refractivity contribution in [3.05, 3.63) is 63.7 Å². The zero-order valence-corrected chi connectivity index (χ0v) is 13.7. The van der Waals surface area contributed by atoms with Crippen LogP contribution in [0.2, 0.25) is 5.02 Å². The van der Waals surface area contributed by atoms with Gasteiger partial charge in [0, 0.05) is 5.56 Å². The quantitative estimate of drug-likeness (QED) is 0.432. The summed E-state index contributed by atoms with van der Waals surface area (Å²) in [4.78, 5) is 11.9. The van der Waals surface area contributed by atoms with Gasteiger partial charge in [0.1, 0.15) is 5.75 Å². The predicted molar refractivity (Wildman–Crippen MR) is 84.6 cm³/mol. The Kier molecular flexibility index (Phi) is 5.69. The average molecular weight is 411 g/mol. The number of phenolic OH excluding ortho intramolecular Hbond substituents is 1. The number of hydrazone groups is 1. The minimum absolute atomic E-state index is 0.487. The lowest BCUT2D eigenvalue weighted by molar-refractivity contribution is -0.138. The van der Waals surface area contributed by atoms with Crippen LogP contribution >= 0.6 is 11.6 Å². The van der Waals surface area contributed by atoms with Crippen molar-refractivity contribution in [2.45, 2.75) is 12.4 Å². The maximum atomic E-state index is 12.9. The van der Waals surface area contributed by atoms with Crippen molar-refractivity contribution in [1.82, 2.24) is 5.43 Å². The number of alkyl halides is 6. The van der Waals surface area contributed by atoms with E-state index in [0.717, 1.165) is 12.1 Å². The van der Waals surface area contributed by atoms with Gasteiger partial charge >= 0.3 is 12.4 Å². The first kappa shape index (κ1) is 20.6. The second-order valence-electron chi connectivity index (χ2n) is 5.14. The molecule has 27 heavy (non-hydrogen) atoms. The van der Waals surface area contributed by atoms with E-state index in [1.165, 1.54) is 6.07 Å². The van der Waals surface area contributed by atoms with Crippen LogP contribution in [0.15, 0.2) is 41.5 Å². The highest BCUT2D eigenvalue weighted by molar-refractivity contribution is 6.32. The molecule has 2 rings (SSSR count). The second-order valence-corrected chi connectivity index (χ2v) is 5.54. The first-order valence-electron chi connectivity index (χ1n) is 7.00. The standard InChI is InChI=1S/C16H9ClF6N2O2/c17-12-6-9(15(18,19)20)5-8(13(12)26)7-24-25-14(27)10-3-1-2-4-11(10)16(21,22)23/h1-7,26H,(H,25,27)/b24-7+. The summed E-state index contributed by atoms with van der Waals surface area (Å²) < 4.78 is 76.9. The molecule has 0 aromatic heterocycles. The van der Waals surface area contributed by atoms with Crippen molar-refractivity contribution in [2.75, 3.05) is 0 Å². The Labute approximate surface area is 153 Å². The van der Waals surface area contributed by atoms with E-state index in [2.05, 4.69) is 5.10 Å². The molecule has 0 bridgehead atoms. The normalized spacial score (nSPS) is 12.4. The molecular weight excluding hydrogens is 402 g/mol. The van der Waals surface area contributed by atoms with E-state index in [1.807, 2.05) is 0 Å². The van der Waals surface area contributed by atoms with Crippen molar-refractivity contribution in [2.24, 2.45) is 5.10 Å². The lowest BCUT2D eigenvalue weighted by Gasteiger charge is -2.11. The molecule has 0 spiro atoms. The zero-order valence-electron chi connectivity index (χ0n) is 13.0. The number of benzene rings is 2. The number of amides is 1. The lowest BCUT2D eigenvalue weighted by atomic mass is 10.1. The number of nitrogens with one attached hydrogen (secondary N) is 1. The highest BCUT2D eigenvalue weighted by atomic mass is 35.5. The number of aromatic hydroxyl groups is 1. The summed E-state index contributed by atoms with van der Waals surface area (Å²) >= 11 is 5.51. The van der Waals surface area contributed by atoms with Crippen molar-refractivity contribution in [3.8, 4) is 5.75 Å². The Hall–Kier alpha value is -2.75. The van der Waals surface area contributed by atoms with Gasteiger partial charge in [0.15, 0.2) is 0 Å². The van der Waals surface area contributed by atoms with Crippen LogP contribution in [0.5, 0.6) is 5.75 Å². The summed E-state index contributed by atoms with van der Waals surface area (Å²) in [6.45, 7) is 0. The van der Waals surface area contributed by atoms with Gasteiger partial charge in [0.05, 0.1) is 27.9 Å². The van der Waals surface area contributed by atoms with Crippen LogP contribution in [0.4, 0.5) is 26.3 Å². The zero-order chi connectivity index (χ0) is 20.4. The van der Waals surface area contributed by atoms with Crippen molar-refractivity contribution < 1.29 is 36.2 Å². The average Bonchev–Trinajstić information content (AvgIpc) is 2.56. The maximum absolute atomic E-state index is 12.9. The molecule has 0 unspecified atom stereocenters. The topological polar surface area (TPSA) is 61.7 Å². The summed E-state index contributed by atoms with van der Waals surface area (Å²) in [5, 5.41) is 12.3. The third-order valence-electron chi connectivity index (χ3n) is 3.27. The molecule has 0 heterocycles. The number of rotatable bonds is 3. The van der Waals surface area contributed by atoms with Gasteiger partial charge in [-0.25, -0.2) is 5.43 Å². The van der Waals surface area contributed by atoms with Crippen LogP contribution in [0.3, 0.4) is 0 Å². The molecule has 0 saturated carbocycles. The molecule has 0 fully saturated rings. The van der Waals surface area contributed by atoms with Crippen LogP contribution in [-0.4, -0.2) is 17.2 Å².